The average molecular weight is 255 g/mol. The fourth-order valence-electron chi connectivity index (χ4n) is 1.49. The van der Waals surface area contributed by atoms with Gasteiger partial charge < -0.3 is 5.32 Å². The lowest BCUT2D eigenvalue weighted by atomic mass is 10.2. The van der Waals surface area contributed by atoms with E-state index in [9.17, 15) is 0 Å². The maximum atomic E-state index is 6.07. The predicted octanol–water partition coefficient (Wildman–Crippen LogP) is 3.94. The molecule has 1 aromatic rings. The van der Waals surface area contributed by atoms with Crippen molar-refractivity contribution < 1.29 is 0 Å². The predicted molar refractivity (Wildman–Crippen MR) is 73.8 cm³/mol. The molecule has 1 aromatic carbocycles. The molecule has 0 aliphatic carbocycles. The van der Waals surface area contributed by atoms with Crippen LogP contribution >= 0.6 is 23.4 Å². The van der Waals surface area contributed by atoms with E-state index >= 15 is 0 Å². The SMILES string of the molecule is CC[C@H]1CSC(Nc2ccc(C)c(Cl)c2)=N1. The highest BCUT2D eigenvalue weighted by Gasteiger charge is 2.16. The van der Waals surface area contributed by atoms with Crippen LogP contribution in [0.1, 0.15) is 18.9 Å². The largest absolute Gasteiger partial charge is 0.335 e. The summed E-state index contributed by atoms with van der Waals surface area (Å²) in [7, 11) is 0. The molecule has 2 nitrogen and oxygen atoms in total. The molecule has 0 bridgehead atoms. The molecule has 0 spiro atoms. The number of nitrogens with zero attached hydrogens (tertiary/aromatic N) is 1. The number of hydrogen-bond donors (Lipinski definition) is 1. The van der Waals surface area contributed by atoms with Crippen LogP contribution < -0.4 is 5.32 Å². The first-order valence-corrected chi connectivity index (χ1v) is 6.79. The molecular formula is C12H15ClN2S. The minimum Gasteiger partial charge on any atom is -0.335 e. The second-order valence-electron chi connectivity index (χ2n) is 3.90. The number of amidine groups is 1. The molecule has 0 fully saturated rings. The quantitative estimate of drug-likeness (QED) is 0.865. The maximum Gasteiger partial charge on any atom is 0.161 e. The van der Waals surface area contributed by atoms with E-state index in [1.165, 1.54) is 0 Å². The molecule has 0 saturated carbocycles. The zero-order chi connectivity index (χ0) is 11.5. The van der Waals surface area contributed by atoms with Crippen LogP contribution in [-0.2, 0) is 0 Å². The van der Waals surface area contributed by atoms with Gasteiger partial charge in [0, 0.05) is 16.5 Å². The Morgan fingerprint density at radius 3 is 3.00 bits per heavy atom. The van der Waals surface area contributed by atoms with Crippen molar-refractivity contribution in [1.82, 2.24) is 0 Å². The van der Waals surface area contributed by atoms with Gasteiger partial charge in [-0.05, 0) is 31.0 Å². The van der Waals surface area contributed by atoms with Crippen molar-refractivity contribution in [2.24, 2.45) is 4.99 Å². The maximum absolute atomic E-state index is 6.07. The minimum absolute atomic E-state index is 0.466. The molecule has 1 N–H and O–H groups in total. The van der Waals surface area contributed by atoms with Crippen LogP contribution in [0.15, 0.2) is 23.2 Å². The fraction of sp³-hybridized carbons (Fsp3) is 0.417. The number of benzene rings is 1. The second kappa shape index (κ2) is 5.11. The van der Waals surface area contributed by atoms with E-state index in [4.69, 9.17) is 11.6 Å². The highest BCUT2D eigenvalue weighted by atomic mass is 35.5. The van der Waals surface area contributed by atoms with Crippen LogP contribution in [0.5, 0.6) is 0 Å². The Bertz CT molecular complexity index is 417. The Morgan fingerprint density at radius 2 is 2.38 bits per heavy atom. The summed E-state index contributed by atoms with van der Waals surface area (Å²) in [6, 6.07) is 6.46. The lowest BCUT2D eigenvalue weighted by Gasteiger charge is -2.06. The fourth-order valence-corrected chi connectivity index (χ4v) is 2.74. The number of hydrogen-bond acceptors (Lipinski definition) is 3. The molecule has 16 heavy (non-hydrogen) atoms. The van der Waals surface area contributed by atoms with Gasteiger partial charge in [0.1, 0.15) is 0 Å². The number of aryl methyl sites for hydroxylation is 1. The molecule has 4 heteroatoms. The first kappa shape index (κ1) is 11.8. The van der Waals surface area contributed by atoms with Crippen LogP contribution in [0.4, 0.5) is 5.69 Å². The molecule has 0 amide bonds. The Labute approximate surface area is 105 Å². The third-order valence-electron chi connectivity index (χ3n) is 2.61. The molecule has 1 heterocycles. The lowest BCUT2D eigenvalue weighted by Crippen LogP contribution is -2.05. The van der Waals surface area contributed by atoms with E-state index in [2.05, 4.69) is 17.2 Å². The van der Waals surface area contributed by atoms with Crippen molar-refractivity contribution in [1.29, 1.82) is 0 Å². The summed E-state index contributed by atoms with van der Waals surface area (Å²) < 4.78 is 0. The molecule has 1 aliphatic heterocycles. The van der Waals surface area contributed by atoms with Gasteiger partial charge in [-0.1, -0.05) is 36.4 Å². The molecule has 0 saturated heterocycles. The smallest absolute Gasteiger partial charge is 0.161 e. The van der Waals surface area contributed by atoms with E-state index in [1.54, 1.807) is 11.8 Å². The van der Waals surface area contributed by atoms with E-state index in [-0.39, 0.29) is 0 Å². The third kappa shape index (κ3) is 2.71. The van der Waals surface area contributed by atoms with Crippen molar-refractivity contribution in [2.45, 2.75) is 26.3 Å². The van der Waals surface area contributed by atoms with Crippen LogP contribution in [-0.4, -0.2) is 17.0 Å². The molecular weight excluding hydrogens is 240 g/mol. The summed E-state index contributed by atoms with van der Waals surface area (Å²) in [6.45, 7) is 4.17. The van der Waals surface area contributed by atoms with Crippen molar-refractivity contribution in [2.75, 3.05) is 11.1 Å². The molecule has 0 radical (unpaired) electrons. The van der Waals surface area contributed by atoms with Gasteiger partial charge in [-0.15, -0.1) is 0 Å². The summed E-state index contributed by atoms with van der Waals surface area (Å²) in [4.78, 5) is 4.58. The molecule has 0 aromatic heterocycles. The molecule has 1 atom stereocenters. The standard InChI is InChI=1S/C12H15ClN2S/c1-3-9-7-16-12(14-9)15-10-5-4-8(2)11(13)6-10/h4-6,9H,3,7H2,1-2H3,(H,14,15)/t9-/m0/s1. The summed E-state index contributed by atoms with van der Waals surface area (Å²) >= 11 is 7.84. The highest BCUT2D eigenvalue weighted by molar-refractivity contribution is 8.14. The van der Waals surface area contributed by atoms with Crippen LogP contribution in [0, 0.1) is 6.92 Å². The monoisotopic (exact) mass is 254 g/mol. The van der Waals surface area contributed by atoms with E-state index in [0.29, 0.717) is 6.04 Å². The van der Waals surface area contributed by atoms with Gasteiger partial charge in [-0.25, -0.2) is 0 Å². The number of thioether (sulfide) groups is 1. The third-order valence-corrected chi connectivity index (χ3v) is 4.05. The molecule has 0 unspecified atom stereocenters. The zero-order valence-corrected chi connectivity index (χ0v) is 11.0. The highest BCUT2D eigenvalue weighted by Crippen LogP contribution is 2.24. The van der Waals surface area contributed by atoms with Crippen molar-refractivity contribution >= 4 is 34.2 Å². The van der Waals surface area contributed by atoms with Crippen molar-refractivity contribution in [3.05, 3.63) is 28.8 Å². The van der Waals surface area contributed by atoms with Crippen molar-refractivity contribution in [3.63, 3.8) is 0 Å². The van der Waals surface area contributed by atoms with E-state index in [0.717, 1.165) is 33.6 Å². The topological polar surface area (TPSA) is 24.4 Å². The zero-order valence-electron chi connectivity index (χ0n) is 9.46. The summed E-state index contributed by atoms with van der Waals surface area (Å²) in [5.41, 5.74) is 2.11. The number of aliphatic imine (C=N–C) groups is 1. The molecule has 2 rings (SSSR count). The van der Waals surface area contributed by atoms with Gasteiger partial charge in [0.15, 0.2) is 5.17 Å². The van der Waals surface area contributed by atoms with Gasteiger partial charge >= 0.3 is 0 Å². The number of halogens is 1. The first-order chi connectivity index (χ1) is 7.69. The average Bonchev–Trinajstić information content (AvgIpc) is 2.71. The first-order valence-electron chi connectivity index (χ1n) is 5.43. The lowest BCUT2D eigenvalue weighted by molar-refractivity contribution is 0.738. The molecule has 86 valence electrons. The van der Waals surface area contributed by atoms with E-state index < -0.39 is 0 Å². The van der Waals surface area contributed by atoms with Gasteiger partial charge in [-0.3, -0.25) is 4.99 Å². The minimum atomic E-state index is 0.466. The molecule has 1 aliphatic rings. The van der Waals surface area contributed by atoms with Gasteiger partial charge in [0.2, 0.25) is 0 Å². The van der Waals surface area contributed by atoms with Crippen LogP contribution in [0.25, 0.3) is 0 Å². The Kier molecular flexibility index (Phi) is 3.77. The number of nitrogens with one attached hydrogen (secondary N) is 1. The number of anilines is 1. The summed E-state index contributed by atoms with van der Waals surface area (Å²) in [5.74, 6) is 1.08. The second-order valence-corrected chi connectivity index (χ2v) is 5.31. The van der Waals surface area contributed by atoms with Gasteiger partial charge in [-0.2, -0.15) is 0 Å². The van der Waals surface area contributed by atoms with Gasteiger partial charge in [0.05, 0.1) is 6.04 Å². The Balaban J connectivity index is 2.07. The van der Waals surface area contributed by atoms with Crippen molar-refractivity contribution in [3.8, 4) is 0 Å². The summed E-state index contributed by atoms with van der Waals surface area (Å²) in [5, 5.41) is 5.10. The van der Waals surface area contributed by atoms with Crippen LogP contribution in [0.2, 0.25) is 5.02 Å². The van der Waals surface area contributed by atoms with E-state index in [1.807, 2.05) is 25.1 Å². The van der Waals surface area contributed by atoms with Crippen LogP contribution in [0.3, 0.4) is 0 Å². The Morgan fingerprint density at radius 1 is 1.56 bits per heavy atom. The van der Waals surface area contributed by atoms with Gasteiger partial charge in [0.25, 0.3) is 0 Å². The summed E-state index contributed by atoms with van der Waals surface area (Å²) in [6.07, 6.45) is 1.10. The normalized spacial score (nSPS) is 19.7. The Hall–Kier alpha value is -0.670. The number of rotatable bonds is 2.